The van der Waals surface area contributed by atoms with Crippen LogP contribution in [0.25, 0.3) is 0 Å². The van der Waals surface area contributed by atoms with Crippen molar-refractivity contribution < 1.29 is 14.3 Å². The van der Waals surface area contributed by atoms with E-state index in [4.69, 9.17) is 14.7 Å². The van der Waals surface area contributed by atoms with Crippen LogP contribution in [0.3, 0.4) is 0 Å². The Morgan fingerprint density at radius 2 is 2.00 bits per heavy atom. The molecular formula is C20H22N2O4. The van der Waals surface area contributed by atoms with Gasteiger partial charge >= 0.3 is 5.97 Å². The fourth-order valence-corrected chi connectivity index (χ4v) is 2.90. The molecule has 0 spiro atoms. The predicted octanol–water partition coefficient (Wildman–Crippen LogP) is 2.86. The second kappa shape index (κ2) is 8.34. The maximum Gasteiger partial charge on any atom is 0.306 e. The van der Waals surface area contributed by atoms with E-state index in [1.165, 1.54) is 0 Å². The Morgan fingerprint density at radius 1 is 1.27 bits per heavy atom. The van der Waals surface area contributed by atoms with Crippen LogP contribution in [0.15, 0.2) is 23.0 Å². The average Bonchev–Trinajstić information content (AvgIpc) is 2.60. The van der Waals surface area contributed by atoms with Gasteiger partial charge in [-0.05, 0) is 50.5 Å². The molecule has 0 atom stereocenters. The molecule has 0 bridgehead atoms. The van der Waals surface area contributed by atoms with E-state index in [1.54, 1.807) is 21.0 Å². The zero-order valence-electron chi connectivity index (χ0n) is 15.4. The van der Waals surface area contributed by atoms with Crippen LogP contribution in [0, 0.1) is 32.1 Å². The zero-order valence-corrected chi connectivity index (χ0v) is 15.4. The lowest BCUT2D eigenvalue weighted by molar-refractivity contribution is -0.144. The average molecular weight is 354 g/mol. The maximum absolute atomic E-state index is 12.1. The van der Waals surface area contributed by atoms with E-state index >= 15 is 0 Å². The van der Waals surface area contributed by atoms with Gasteiger partial charge in [0, 0.05) is 17.7 Å². The van der Waals surface area contributed by atoms with E-state index in [9.17, 15) is 9.59 Å². The molecule has 0 radical (unpaired) electrons. The number of nitrogens with zero attached hydrogens (tertiary/aromatic N) is 1. The summed E-state index contributed by atoms with van der Waals surface area (Å²) in [6.07, 6.45) is 0.555. The lowest BCUT2D eigenvalue weighted by Gasteiger charge is -2.12. The van der Waals surface area contributed by atoms with Crippen LogP contribution in [0.1, 0.15) is 39.9 Å². The van der Waals surface area contributed by atoms with Crippen LogP contribution >= 0.6 is 0 Å². The first-order valence-corrected chi connectivity index (χ1v) is 8.29. The van der Waals surface area contributed by atoms with Gasteiger partial charge in [0.2, 0.25) is 0 Å². The molecule has 0 saturated heterocycles. The Hall–Kier alpha value is -3.07. The van der Waals surface area contributed by atoms with Crippen molar-refractivity contribution in [3.63, 3.8) is 0 Å². The molecule has 1 heterocycles. The highest BCUT2D eigenvalue weighted by atomic mass is 16.5. The first-order valence-electron chi connectivity index (χ1n) is 8.29. The van der Waals surface area contributed by atoms with Crippen molar-refractivity contribution in [2.45, 2.75) is 40.2 Å². The monoisotopic (exact) mass is 354 g/mol. The van der Waals surface area contributed by atoms with Crippen LogP contribution in [0.4, 0.5) is 0 Å². The number of benzene rings is 1. The first kappa shape index (κ1) is 19.3. The summed E-state index contributed by atoms with van der Waals surface area (Å²) in [5, 5.41) is 9.10. The number of hydrogen-bond donors (Lipinski definition) is 1. The third-order valence-electron chi connectivity index (χ3n) is 4.32. The van der Waals surface area contributed by atoms with E-state index in [-0.39, 0.29) is 24.6 Å². The summed E-state index contributed by atoms with van der Waals surface area (Å²) in [4.78, 5) is 26.5. The van der Waals surface area contributed by atoms with Crippen molar-refractivity contribution in [2.24, 2.45) is 0 Å². The molecule has 1 aromatic heterocycles. The number of carbonyl (C=O) groups is 1. The number of pyridine rings is 1. The summed E-state index contributed by atoms with van der Waals surface area (Å²) in [6.45, 7) is 5.57. The molecule has 1 aromatic carbocycles. The molecule has 0 aliphatic rings. The highest BCUT2D eigenvalue weighted by molar-refractivity contribution is 5.70. The third-order valence-corrected chi connectivity index (χ3v) is 4.32. The van der Waals surface area contributed by atoms with Gasteiger partial charge in [-0.3, -0.25) is 9.59 Å². The summed E-state index contributed by atoms with van der Waals surface area (Å²) in [5.41, 5.74) is 3.63. The van der Waals surface area contributed by atoms with Crippen LogP contribution < -0.4 is 10.3 Å². The number of aryl methyl sites for hydroxylation is 2. The molecule has 6 heteroatoms. The van der Waals surface area contributed by atoms with Gasteiger partial charge in [-0.1, -0.05) is 11.6 Å². The number of esters is 1. The molecule has 136 valence electrons. The van der Waals surface area contributed by atoms with Gasteiger partial charge in [0.05, 0.1) is 7.11 Å². The van der Waals surface area contributed by atoms with Crippen LogP contribution in [0.2, 0.25) is 0 Å². The van der Waals surface area contributed by atoms with E-state index in [0.717, 1.165) is 16.7 Å². The Morgan fingerprint density at radius 3 is 2.65 bits per heavy atom. The van der Waals surface area contributed by atoms with Gasteiger partial charge < -0.3 is 14.5 Å². The molecule has 0 aliphatic carbocycles. The minimum Gasteiger partial charge on any atom is -0.496 e. The summed E-state index contributed by atoms with van der Waals surface area (Å²) >= 11 is 0. The van der Waals surface area contributed by atoms with Gasteiger partial charge in [-0.2, -0.15) is 5.26 Å². The fraction of sp³-hybridized carbons (Fsp3) is 0.350. The Balaban J connectivity index is 2.04. The van der Waals surface area contributed by atoms with Crippen molar-refractivity contribution in [3.8, 4) is 11.8 Å². The number of carbonyl (C=O) groups excluding carboxylic acids is 1. The number of H-pyrrole nitrogens is 1. The van der Waals surface area contributed by atoms with Gasteiger partial charge in [-0.15, -0.1) is 0 Å². The minimum atomic E-state index is -0.402. The Kier molecular flexibility index (Phi) is 6.18. The largest absolute Gasteiger partial charge is 0.496 e. The van der Waals surface area contributed by atoms with Crippen molar-refractivity contribution in [1.82, 2.24) is 4.98 Å². The SMILES string of the molecule is COc1ccc(C)cc1COC(=O)CCc1c(C)[nH]c(=O)c(C#N)c1C. The highest BCUT2D eigenvalue weighted by Crippen LogP contribution is 2.21. The molecule has 2 aromatic rings. The van der Waals surface area contributed by atoms with E-state index in [1.807, 2.05) is 31.2 Å². The second-order valence-corrected chi connectivity index (χ2v) is 6.15. The third kappa shape index (κ3) is 4.31. The topological polar surface area (TPSA) is 92.2 Å². The van der Waals surface area contributed by atoms with E-state index in [0.29, 0.717) is 23.4 Å². The summed E-state index contributed by atoms with van der Waals surface area (Å²) < 4.78 is 10.6. The molecule has 2 rings (SSSR count). The van der Waals surface area contributed by atoms with E-state index in [2.05, 4.69) is 4.98 Å². The summed E-state index contributed by atoms with van der Waals surface area (Å²) in [6, 6.07) is 7.60. The number of nitriles is 1. The lowest BCUT2D eigenvalue weighted by atomic mass is 9.99. The van der Waals surface area contributed by atoms with Crippen LogP contribution in [-0.4, -0.2) is 18.1 Å². The summed E-state index contributed by atoms with van der Waals surface area (Å²) in [7, 11) is 1.57. The zero-order chi connectivity index (χ0) is 19.3. The molecule has 0 saturated carbocycles. The fourth-order valence-electron chi connectivity index (χ4n) is 2.90. The molecule has 26 heavy (non-hydrogen) atoms. The number of aromatic nitrogens is 1. The van der Waals surface area contributed by atoms with Gasteiger partial charge in [0.15, 0.2) is 0 Å². The highest BCUT2D eigenvalue weighted by Gasteiger charge is 2.14. The van der Waals surface area contributed by atoms with Crippen LogP contribution in [-0.2, 0) is 22.6 Å². The molecule has 0 amide bonds. The van der Waals surface area contributed by atoms with Crippen LogP contribution in [0.5, 0.6) is 5.75 Å². The number of hydrogen-bond acceptors (Lipinski definition) is 5. The molecule has 1 N–H and O–H groups in total. The van der Waals surface area contributed by atoms with Crippen molar-refractivity contribution in [3.05, 3.63) is 62.1 Å². The van der Waals surface area contributed by atoms with E-state index < -0.39 is 5.56 Å². The normalized spacial score (nSPS) is 10.3. The molecule has 6 nitrogen and oxygen atoms in total. The van der Waals surface area contributed by atoms with Crippen molar-refractivity contribution in [2.75, 3.05) is 7.11 Å². The quantitative estimate of drug-likeness (QED) is 0.805. The number of ether oxygens (including phenoxy) is 2. The lowest BCUT2D eigenvalue weighted by Crippen LogP contribution is -2.17. The molecule has 0 aliphatic heterocycles. The smallest absolute Gasteiger partial charge is 0.306 e. The van der Waals surface area contributed by atoms with Crippen molar-refractivity contribution in [1.29, 1.82) is 5.26 Å². The molecule has 0 unspecified atom stereocenters. The first-order chi connectivity index (χ1) is 12.4. The molecular weight excluding hydrogens is 332 g/mol. The Bertz CT molecular complexity index is 923. The standard InChI is InChI=1S/C20H22N2O4/c1-12-5-7-18(25-4)15(9-12)11-26-19(23)8-6-16-13(2)17(10-21)20(24)22-14(16)3/h5,7,9H,6,8,11H2,1-4H3,(H,22,24). The van der Waals surface area contributed by atoms with Gasteiger partial charge in [-0.25, -0.2) is 0 Å². The summed E-state index contributed by atoms with van der Waals surface area (Å²) in [5.74, 6) is 0.325. The predicted molar refractivity (Wildman–Crippen MR) is 97.1 cm³/mol. The van der Waals surface area contributed by atoms with Gasteiger partial charge in [0.1, 0.15) is 24.0 Å². The van der Waals surface area contributed by atoms with Crippen molar-refractivity contribution >= 4 is 5.97 Å². The maximum atomic E-state index is 12.1. The second-order valence-electron chi connectivity index (χ2n) is 6.15. The minimum absolute atomic E-state index is 0.0865. The number of rotatable bonds is 6. The van der Waals surface area contributed by atoms with Gasteiger partial charge in [0.25, 0.3) is 5.56 Å². The Labute approximate surface area is 152 Å². The number of methoxy groups -OCH3 is 1. The number of nitrogens with one attached hydrogen (secondary N) is 1. The molecule has 0 fully saturated rings. The number of aromatic amines is 1.